The van der Waals surface area contributed by atoms with E-state index in [0.717, 1.165) is 16.4 Å². The lowest BCUT2D eigenvalue weighted by Crippen LogP contribution is -2.26. The normalized spacial score (nSPS) is 21.3. The van der Waals surface area contributed by atoms with E-state index in [1.807, 2.05) is 30.3 Å². The lowest BCUT2D eigenvalue weighted by atomic mass is 9.75. The maximum absolute atomic E-state index is 11.9. The van der Waals surface area contributed by atoms with Crippen LogP contribution in [-0.4, -0.2) is 5.91 Å². The number of benzene rings is 2. The number of hydrogen-bond donors (Lipinski definition) is 1. The summed E-state index contributed by atoms with van der Waals surface area (Å²) in [6.45, 7) is 0. The summed E-state index contributed by atoms with van der Waals surface area (Å²) in [6, 6.07) is 14.0. The van der Waals surface area contributed by atoms with Crippen LogP contribution in [0.2, 0.25) is 0 Å². The van der Waals surface area contributed by atoms with Crippen LogP contribution >= 0.6 is 9.24 Å². The molecule has 21 heavy (non-hydrogen) atoms. The Balaban J connectivity index is 2.10. The molecule has 0 fully saturated rings. The molecule has 0 aliphatic heterocycles. The first kappa shape index (κ1) is 12.6. The number of primary amides is 1. The van der Waals surface area contributed by atoms with Crippen LogP contribution in [0.15, 0.2) is 53.9 Å². The second-order valence-corrected chi connectivity index (χ2v) is 6.08. The molecule has 102 valence electrons. The van der Waals surface area contributed by atoms with E-state index in [4.69, 9.17) is 5.73 Å². The minimum absolute atomic E-state index is 0.373. The van der Waals surface area contributed by atoms with E-state index in [-0.39, 0.29) is 11.3 Å². The summed E-state index contributed by atoms with van der Waals surface area (Å²) < 4.78 is 0. The summed E-state index contributed by atoms with van der Waals surface area (Å²) in [5, 5.41) is 1.15. The first-order chi connectivity index (χ1) is 10.1. The molecule has 0 aromatic heterocycles. The fraction of sp³-hybridized carbons (Fsp3) is 0.0556. The van der Waals surface area contributed by atoms with Crippen molar-refractivity contribution in [3.8, 4) is 0 Å². The zero-order valence-corrected chi connectivity index (χ0v) is 12.5. The van der Waals surface area contributed by atoms with Crippen LogP contribution in [0.5, 0.6) is 0 Å². The fourth-order valence-electron chi connectivity index (χ4n) is 3.54. The maximum Gasteiger partial charge on any atom is 0.249 e. The Hall–Kier alpha value is -2.18. The van der Waals surface area contributed by atoms with Crippen molar-refractivity contribution in [2.45, 2.75) is 5.41 Å². The summed E-state index contributed by atoms with van der Waals surface area (Å²) in [7, 11) is 2.83. The van der Waals surface area contributed by atoms with Crippen LogP contribution in [0.4, 0.5) is 0 Å². The molecule has 1 amide bonds. The third-order valence-electron chi connectivity index (χ3n) is 4.42. The molecule has 3 heteroatoms. The lowest BCUT2D eigenvalue weighted by molar-refractivity contribution is 0.0999. The van der Waals surface area contributed by atoms with Gasteiger partial charge >= 0.3 is 0 Å². The van der Waals surface area contributed by atoms with Crippen molar-refractivity contribution in [1.82, 2.24) is 0 Å². The average Bonchev–Trinajstić information content (AvgIpc) is 3.00. The molecule has 0 bridgehead atoms. The van der Waals surface area contributed by atoms with Gasteiger partial charge in [-0.25, -0.2) is 0 Å². The van der Waals surface area contributed by atoms with Gasteiger partial charge in [0.2, 0.25) is 5.91 Å². The summed E-state index contributed by atoms with van der Waals surface area (Å²) in [5.74, 6) is -0.378. The zero-order chi connectivity index (χ0) is 14.6. The van der Waals surface area contributed by atoms with E-state index < -0.39 is 0 Å². The quantitative estimate of drug-likeness (QED) is 0.805. The number of fused-ring (bicyclic) bond motifs is 4. The first-order valence-corrected chi connectivity index (χ1v) is 7.42. The van der Waals surface area contributed by atoms with Crippen molar-refractivity contribution in [2.75, 3.05) is 0 Å². The minimum atomic E-state index is -0.378. The van der Waals surface area contributed by atoms with Crippen molar-refractivity contribution in [3.63, 3.8) is 0 Å². The molecule has 2 unspecified atom stereocenters. The Labute approximate surface area is 125 Å². The van der Waals surface area contributed by atoms with Gasteiger partial charge in [-0.15, -0.1) is 9.24 Å². The van der Waals surface area contributed by atoms with Gasteiger partial charge in [0.15, 0.2) is 0 Å². The Morgan fingerprint density at radius 2 is 1.81 bits per heavy atom. The van der Waals surface area contributed by atoms with Gasteiger partial charge in [0.1, 0.15) is 0 Å². The molecule has 2 aliphatic rings. The number of nitrogens with two attached hydrogens (primary N) is 1. The number of rotatable bonds is 1. The zero-order valence-electron chi connectivity index (χ0n) is 11.3. The number of amides is 1. The second kappa shape index (κ2) is 4.16. The Morgan fingerprint density at radius 3 is 2.62 bits per heavy atom. The van der Waals surface area contributed by atoms with Crippen molar-refractivity contribution in [3.05, 3.63) is 81.7 Å². The predicted octanol–water partition coefficient (Wildman–Crippen LogP) is 3.33. The van der Waals surface area contributed by atoms with Crippen molar-refractivity contribution < 1.29 is 4.79 Å². The number of allylic oxidation sites excluding steroid dienone is 2. The predicted molar refractivity (Wildman–Crippen MR) is 88.9 cm³/mol. The van der Waals surface area contributed by atoms with Crippen LogP contribution in [-0.2, 0) is 5.41 Å². The molecule has 2 N–H and O–H groups in total. The number of carbonyl (C=O) groups is 1. The fourth-order valence-corrected chi connectivity index (χ4v) is 4.11. The van der Waals surface area contributed by atoms with Crippen LogP contribution < -0.4 is 5.73 Å². The molecule has 2 atom stereocenters. The van der Waals surface area contributed by atoms with Crippen molar-refractivity contribution >= 4 is 27.3 Å². The highest BCUT2D eigenvalue weighted by Crippen LogP contribution is 2.55. The highest BCUT2D eigenvalue weighted by atomic mass is 31.0. The Bertz CT molecular complexity index is 850. The van der Waals surface area contributed by atoms with Gasteiger partial charge in [-0.05, 0) is 39.7 Å². The van der Waals surface area contributed by atoms with Gasteiger partial charge in [-0.1, -0.05) is 48.6 Å². The summed E-state index contributed by atoms with van der Waals surface area (Å²) in [5.41, 5.74) is 10.3. The van der Waals surface area contributed by atoms with Crippen molar-refractivity contribution in [2.24, 2.45) is 5.73 Å². The maximum atomic E-state index is 11.9. The monoisotopic (exact) mass is 291 g/mol. The van der Waals surface area contributed by atoms with E-state index in [2.05, 4.69) is 39.6 Å². The minimum Gasteiger partial charge on any atom is -0.366 e. The van der Waals surface area contributed by atoms with Gasteiger partial charge < -0.3 is 5.73 Å². The Kier molecular flexibility index (Phi) is 2.49. The van der Waals surface area contributed by atoms with Gasteiger partial charge in [-0.2, -0.15) is 0 Å². The smallest absolute Gasteiger partial charge is 0.249 e. The highest BCUT2D eigenvalue weighted by molar-refractivity contribution is 7.23. The second-order valence-electron chi connectivity index (χ2n) is 5.46. The molecule has 2 aliphatic carbocycles. The van der Waals surface area contributed by atoms with E-state index in [9.17, 15) is 4.79 Å². The van der Waals surface area contributed by atoms with Gasteiger partial charge in [0, 0.05) is 5.56 Å². The highest BCUT2D eigenvalue weighted by Gasteiger charge is 2.44. The topological polar surface area (TPSA) is 43.1 Å². The molecule has 2 aromatic rings. The standard InChI is InChI=1S/C18H14NOP/c19-17(20)13-6-3-5-12-10-15(21)18(16(12)13)9-8-11-4-1-2-7-14(11)18/h1-10H,21H2,(H2,19,20). The third-order valence-corrected chi connectivity index (χ3v) is 5.04. The number of carbonyl (C=O) groups excluding carboxylic acids is 1. The number of hydrogen-bond acceptors (Lipinski definition) is 1. The van der Waals surface area contributed by atoms with Crippen molar-refractivity contribution in [1.29, 1.82) is 0 Å². The van der Waals surface area contributed by atoms with E-state index in [0.29, 0.717) is 5.56 Å². The van der Waals surface area contributed by atoms with Crippen LogP contribution in [0.3, 0.4) is 0 Å². The molecule has 1 spiro atoms. The molecule has 0 saturated carbocycles. The molecular formula is C18H14NOP. The molecule has 0 heterocycles. The molecule has 4 rings (SSSR count). The van der Waals surface area contributed by atoms with Gasteiger partial charge in [0.25, 0.3) is 0 Å². The summed E-state index contributed by atoms with van der Waals surface area (Å²) in [6.07, 6.45) is 6.42. The van der Waals surface area contributed by atoms with Gasteiger partial charge in [-0.3, -0.25) is 4.79 Å². The molecule has 2 nitrogen and oxygen atoms in total. The Morgan fingerprint density at radius 1 is 1.05 bits per heavy atom. The first-order valence-electron chi connectivity index (χ1n) is 6.84. The van der Waals surface area contributed by atoms with Crippen LogP contribution in [0.25, 0.3) is 12.2 Å². The van der Waals surface area contributed by atoms with E-state index in [1.165, 1.54) is 11.1 Å². The van der Waals surface area contributed by atoms with E-state index in [1.54, 1.807) is 0 Å². The summed E-state index contributed by atoms with van der Waals surface area (Å²) in [4.78, 5) is 11.9. The SMILES string of the molecule is NC(=O)c1cccc2c1C1(C=Cc3ccccc31)C(P)=C2. The molecular weight excluding hydrogens is 277 g/mol. The van der Waals surface area contributed by atoms with Gasteiger partial charge in [0.05, 0.1) is 5.41 Å². The largest absolute Gasteiger partial charge is 0.366 e. The lowest BCUT2D eigenvalue weighted by Gasteiger charge is -2.29. The molecule has 2 aromatic carbocycles. The van der Waals surface area contributed by atoms with E-state index >= 15 is 0 Å². The summed E-state index contributed by atoms with van der Waals surface area (Å²) >= 11 is 0. The molecule has 0 saturated heterocycles. The van der Waals surface area contributed by atoms with Crippen LogP contribution in [0, 0.1) is 0 Å². The average molecular weight is 291 g/mol. The van der Waals surface area contributed by atoms with Crippen LogP contribution in [0.1, 0.15) is 32.6 Å². The molecule has 0 radical (unpaired) electrons. The third kappa shape index (κ3) is 1.48.